The third kappa shape index (κ3) is 3.46. The van der Waals surface area contributed by atoms with Gasteiger partial charge in [0.1, 0.15) is 23.0 Å². The number of aliphatic imine (C=N–C) groups is 1. The molecule has 0 aromatic rings. The predicted molar refractivity (Wildman–Crippen MR) is 67.6 cm³/mol. The van der Waals surface area contributed by atoms with E-state index in [4.69, 9.17) is 10.2 Å². The van der Waals surface area contributed by atoms with Crippen LogP contribution in [-0.4, -0.2) is 46.7 Å². The van der Waals surface area contributed by atoms with Gasteiger partial charge in [-0.15, -0.1) is 0 Å². The van der Waals surface area contributed by atoms with Crippen LogP contribution in [0.1, 0.15) is 33.6 Å². The fourth-order valence-corrected chi connectivity index (χ4v) is 1.96. The van der Waals surface area contributed by atoms with Crippen LogP contribution in [0.5, 0.6) is 0 Å². The van der Waals surface area contributed by atoms with Gasteiger partial charge in [0.2, 0.25) is 0 Å². The third-order valence-electron chi connectivity index (χ3n) is 3.22. The summed E-state index contributed by atoms with van der Waals surface area (Å²) >= 11 is 0. The zero-order chi connectivity index (χ0) is 14.0. The Morgan fingerprint density at radius 2 is 1.72 bits per heavy atom. The number of ketones is 2. The number of rotatable bonds is 4. The standard InChI is InChI=1S/C13H21NO4/c1-12(2)4-10(17)9(11(18)5-12)6-14-13(3,7-15)8-16/h6,9,15-16H,4-5,7-8H2,1-3H3. The Morgan fingerprint density at radius 3 is 2.11 bits per heavy atom. The summed E-state index contributed by atoms with van der Waals surface area (Å²) in [5.41, 5.74) is -1.32. The highest BCUT2D eigenvalue weighted by atomic mass is 16.3. The van der Waals surface area contributed by atoms with E-state index >= 15 is 0 Å². The number of carbonyl (C=O) groups is 2. The van der Waals surface area contributed by atoms with E-state index < -0.39 is 11.5 Å². The molecule has 0 atom stereocenters. The topological polar surface area (TPSA) is 87.0 Å². The van der Waals surface area contributed by atoms with Crippen LogP contribution in [-0.2, 0) is 9.59 Å². The van der Waals surface area contributed by atoms with Gasteiger partial charge in [-0.25, -0.2) is 0 Å². The van der Waals surface area contributed by atoms with Crippen LogP contribution in [0, 0.1) is 11.3 Å². The highest BCUT2D eigenvalue weighted by molar-refractivity contribution is 6.16. The molecule has 0 heterocycles. The molecule has 0 amide bonds. The Balaban J connectivity index is 2.82. The highest BCUT2D eigenvalue weighted by Crippen LogP contribution is 2.33. The van der Waals surface area contributed by atoms with Crippen LogP contribution in [0.15, 0.2) is 4.99 Å². The molecule has 0 aromatic heterocycles. The first-order chi connectivity index (χ1) is 8.23. The molecule has 102 valence electrons. The maximum atomic E-state index is 11.9. The SMILES string of the molecule is CC1(C)CC(=O)C(C=NC(C)(CO)CO)C(=O)C1. The van der Waals surface area contributed by atoms with Gasteiger partial charge in [-0.1, -0.05) is 13.8 Å². The molecule has 0 saturated heterocycles. The van der Waals surface area contributed by atoms with Crippen LogP contribution in [0.2, 0.25) is 0 Å². The normalized spacial score (nSPS) is 21.8. The first-order valence-electron chi connectivity index (χ1n) is 6.05. The molecular formula is C13H21NO4. The van der Waals surface area contributed by atoms with E-state index in [0.29, 0.717) is 12.8 Å². The maximum Gasteiger partial charge on any atom is 0.149 e. The van der Waals surface area contributed by atoms with Gasteiger partial charge in [0, 0.05) is 19.1 Å². The average Bonchev–Trinajstić information content (AvgIpc) is 2.26. The molecule has 0 aliphatic heterocycles. The van der Waals surface area contributed by atoms with E-state index in [1.807, 2.05) is 13.8 Å². The molecule has 0 bridgehead atoms. The van der Waals surface area contributed by atoms with Gasteiger partial charge in [0.25, 0.3) is 0 Å². The Morgan fingerprint density at radius 1 is 1.28 bits per heavy atom. The van der Waals surface area contributed by atoms with Crippen molar-refractivity contribution in [3.05, 3.63) is 0 Å². The van der Waals surface area contributed by atoms with Crippen molar-refractivity contribution in [2.45, 2.75) is 39.2 Å². The van der Waals surface area contributed by atoms with Crippen molar-refractivity contribution in [3.63, 3.8) is 0 Å². The minimum Gasteiger partial charge on any atom is -0.394 e. The van der Waals surface area contributed by atoms with Crippen LogP contribution < -0.4 is 0 Å². The summed E-state index contributed by atoms with van der Waals surface area (Å²) in [6.45, 7) is 4.68. The summed E-state index contributed by atoms with van der Waals surface area (Å²) in [5.74, 6) is -1.10. The minimum absolute atomic E-state index is 0.141. The number of aliphatic hydroxyl groups excluding tert-OH is 2. The first kappa shape index (κ1) is 15.0. The second-order valence-corrected chi connectivity index (χ2v) is 6.02. The molecule has 0 radical (unpaired) electrons. The Kier molecular flexibility index (Phi) is 4.40. The minimum atomic E-state index is -1.03. The summed E-state index contributed by atoms with van der Waals surface area (Å²) in [6.07, 6.45) is 1.99. The van der Waals surface area contributed by atoms with E-state index in [-0.39, 0.29) is 30.2 Å². The van der Waals surface area contributed by atoms with Crippen molar-refractivity contribution >= 4 is 17.8 Å². The number of carbonyl (C=O) groups excluding carboxylic acids is 2. The number of nitrogens with zero attached hydrogens (tertiary/aromatic N) is 1. The lowest BCUT2D eigenvalue weighted by Gasteiger charge is -2.31. The van der Waals surface area contributed by atoms with Crippen LogP contribution in [0.4, 0.5) is 0 Å². The van der Waals surface area contributed by atoms with Crippen LogP contribution in [0.3, 0.4) is 0 Å². The number of Topliss-reactive ketones (excluding diaryl/α,β-unsaturated/α-hetero) is 2. The quantitative estimate of drug-likeness (QED) is 0.561. The maximum absolute atomic E-state index is 11.9. The second-order valence-electron chi connectivity index (χ2n) is 6.02. The Labute approximate surface area is 107 Å². The van der Waals surface area contributed by atoms with Gasteiger partial charge in [-0.2, -0.15) is 0 Å². The van der Waals surface area contributed by atoms with E-state index in [1.165, 1.54) is 6.21 Å². The smallest absolute Gasteiger partial charge is 0.149 e. The van der Waals surface area contributed by atoms with E-state index in [1.54, 1.807) is 6.92 Å². The molecule has 1 rings (SSSR count). The third-order valence-corrected chi connectivity index (χ3v) is 3.22. The molecule has 0 spiro atoms. The second kappa shape index (κ2) is 5.28. The van der Waals surface area contributed by atoms with E-state index in [9.17, 15) is 9.59 Å². The van der Waals surface area contributed by atoms with Crippen LogP contribution >= 0.6 is 0 Å². The van der Waals surface area contributed by atoms with Crippen molar-refractivity contribution in [1.29, 1.82) is 0 Å². The van der Waals surface area contributed by atoms with Gasteiger partial charge in [0.15, 0.2) is 0 Å². The first-order valence-corrected chi connectivity index (χ1v) is 6.05. The fraction of sp³-hybridized carbons (Fsp3) is 0.769. The lowest BCUT2D eigenvalue weighted by atomic mass is 9.72. The number of aliphatic hydroxyl groups is 2. The zero-order valence-corrected chi connectivity index (χ0v) is 11.1. The molecule has 0 unspecified atom stereocenters. The van der Waals surface area contributed by atoms with E-state index in [0.717, 1.165) is 0 Å². The largest absolute Gasteiger partial charge is 0.394 e. The lowest BCUT2D eigenvalue weighted by molar-refractivity contribution is -0.136. The molecule has 5 heteroatoms. The summed E-state index contributed by atoms with van der Waals surface area (Å²) < 4.78 is 0. The van der Waals surface area contributed by atoms with Crippen molar-refractivity contribution in [1.82, 2.24) is 0 Å². The Hall–Kier alpha value is -1.07. The lowest BCUT2D eigenvalue weighted by Crippen LogP contribution is -2.39. The molecule has 1 saturated carbocycles. The van der Waals surface area contributed by atoms with E-state index in [2.05, 4.69) is 4.99 Å². The molecule has 1 fully saturated rings. The number of hydrogen-bond acceptors (Lipinski definition) is 5. The molecule has 5 nitrogen and oxygen atoms in total. The zero-order valence-electron chi connectivity index (χ0n) is 11.1. The van der Waals surface area contributed by atoms with Gasteiger partial charge in [-0.3, -0.25) is 14.6 Å². The molecule has 1 aliphatic carbocycles. The highest BCUT2D eigenvalue weighted by Gasteiger charge is 2.39. The van der Waals surface area contributed by atoms with Gasteiger partial charge < -0.3 is 10.2 Å². The molecule has 18 heavy (non-hydrogen) atoms. The summed E-state index contributed by atoms with van der Waals surface area (Å²) in [7, 11) is 0. The van der Waals surface area contributed by atoms with Gasteiger partial charge >= 0.3 is 0 Å². The van der Waals surface area contributed by atoms with Crippen LogP contribution in [0.25, 0.3) is 0 Å². The fourth-order valence-electron chi connectivity index (χ4n) is 1.96. The summed E-state index contributed by atoms with van der Waals surface area (Å²) in [5, 5.41) is 18.2. The van der Waals surface area contributed by atoms with Gasteiger partial charge in [-0.05, 0) is 12.3 Å². The monoisotopic (exact) mass is 255 g/mol. The molecule has 0 aromatic carbocycles. The van der Waals surface area contributed by atoms with Crippen molar-refractivity contribution < 1.29 is 19.8 Å². The summed E-state index contributed by atoms with van der Waals surface area (Å²) in [6, 6.07) is 0. The molecule has 1 aliphatic rings. The van der Waals surface area contributed by atoms with Crippen molar-refractivity contribution in [3.8, 4) is 0 Å². The average molecular weight is 255 g/mol. The van der Waals surface area contributed by atoms with Crippen molar-refractivity contribution in [2.75, 3.05) is 13.2 Å². The molecule has 2 N–H and O–H groups in total. The van der Waals surface area contributed by atoms with Gasteiger partial charge in [0.05, 0.1) is 13.2 Å². The summed E-state index contributed by atoms with van der Waals surface area (Å²) in [4.78, 5) is 27.8. The predicted octanol–water partition coefficient (Wildman–Crippen LogP) is 0.375. The van der Waals surface area contributed by atoms with Crippen molar-refractivity contribution in [2.24, 2.45) is 16.3 Å². The number of hydrogen-bond donors (Lipinski definition) is 2. The Bertz CT molecular complexity index is 349. The molecular weight excluding hydrogens is 234 g/mol.